The normalized spacial score (nSPS) is 26.3. The Morgan fingerprint density at radius 3 is 2.92 bits per heavy atom. The second-order valence-electron chi connectivity index (χ2n) is 7.60. The first-order chi connectivity index (χ1) is 12.6. The lowest BCUT2D eigenvalue weighted by Gasteiger charge is -2.40. The van der Waals surface area contributed by atoms with Gasteiger partial charge in [0.2, 0.25) is 5.95 Å². The molecule has 2 aromatic heterocycles. The molecule has 2 saturated heterocycles. The van der Waals surface area contributed by atoms with E-state index < -0.39 is 0 Å². The molecule has 2 atom stereocenters. The van der Waals surface area contributed by atoms with E-state index in [1.807, 2.05) is 19.1 Å². The van der Waals surface area contributed by atoms with E-state index in [4.69, 9.17) is 4.74 Å². The molecule has 2 fully saturated rings. The number of pyridine rings is 1. The summed E-state index contributed by atoms with van der Waals surface area (Å²) in [5, 5.41) is 0. The minimum atomic E-state index is -0.0459. The number of hydrogen-bond acceptors (Lipinski definition) is 6. The Labute approximate surface area is 155 Å². The molecule has 2 aliphatic heterocycles. The first-order valence-corrected chi connectivity index (χ1v) is 9.42. The molecule has 1 spiro atoms. The summed E-state index contributed by atoms with van der Waals surface area (Å²) in [4.78, 5) is 18.1. The quantitative estimate of drug-likeness (QED) is 0.842. The molecule has 2 aromatic rings. The van der Waals surface area contributed by atoms with Crippen LogP contribution in [0.4, 0.5) is 5.95 Å². The number of aromatic nitrogens is 3. The zero-order valence-corrected chi connectivity index (χ0v) is 15.6. The average Bonchev–Trinajstić information content (AvgIpc) is 3.05. The van der Waals surface area contributed by atoms with Gasteiger partial charge in [-0.1, -0.05) is 6.07 Å². The fraction of sp³-hybridized carbons (Fsp3) is 0.550. The molecule has 2 aliphatic rings. The summed E-state index contributed by atoms with van der Waals surface area (Å²) in [5.41, 5.74) is 2.18. The van der Waals surface area contributed by atoms with Crippen LogP contribution in [-0.4, -0.2) is 58.2 Å². The molecule has 4 heterocycles. The molecule has 0 bridgehead atoms. The molecule has 0 unspecified atom stereocenters. The van der Waals surface area contributed by atoms with Crippen LogP contribution in [0.3, 0.4) is 0 Å². The van der Waals surface area contributed by atoms with E-state index in [0.717, 1.165) is 56.4 Å². The van der Waals surface area contributed by atoms with Crippen LogP contribution in [0, 0.1) is 6.92 Å². The standard InChI is InChI=1S/C20H27N5O/c1-16-6-3-7-17(23-16)13-25-11-4-8-20(15-25)12-18(14-26-20)24(2)19-21-9-5-10-22-19/h3,5-7,9-10,18H,4,8,11-15H2,1-2H3/t18-,20-/m1/s1. The number of hydrogen-bond donors (Lipinski definition) is 0. The smallest absolute Gasteiger partial charge is 0.225 e. The lowest BCUT2D eigenvalue weighted by Crippen LogP contribution is -2.48. The number of rotatable bonds is 4. The van der Waals surface area contributed by atoms with Crippen molar-refractivity contribution in [2.24, 2.45) is 0 Å². The van der Waals surface area contributed by atoms with Crippen molar-refractivity contribution in [3.8, 4) is 0 Å². The molecule has 138 valence electrons. The third-order valence-corrected chi connectivity index (χ3v) is 5.55. The number of anilines is 1. The predicted molar refractivity (Wildman–Crippen MR) is 101 cm³/mol. The summed E-state index contributed by atoms with van der Waals surface area (Å²) < 4.78 is 6.37. The molecule has 0 amide bonds. The number of nitrogens with zero attached hydrogens (tertiary/aromatic N) is 5. The SMILES string of the molecule is Cc1cccc(CN2CCC[C@@]3(C[C@@H](N(C)c4ncccn4)CO3)C2)n1. The van der Waals surface area contributed by atoms with Gasteiger partial charge in [0.05, 0.1) is 23.9 Å². The lowest BCUT2D eigenvalue weighted by molar-refractivity contribution is -0.0535. The zero-order valence-electron chi connectivity index (χ0n) is 15.6. The Morgan fingerprint density at radius 1 is 1.27 bits per heavy atom. The minimum Gasteiger partial charge on any atom is -0.371 e. The van der Waals surface area contributed by atoms with Crippen LogP contribution < -0.4 is 4.90 Å². The van der Waals surface area contributed by atoms with Crippen molar-refractivity contribution in [1.82, 2.24) is 19.9 Å². The molecular weight excluding hydrogens is 326 g/mol. The van der Waals surface area contributed by atoms with E-state index in [2.05, 4.69) is 43.9 Å². The van der Waals surface area contributed by atoms with Crippen LogP contribution in [0.5, 0.6) is 0 Å². The lowest BCUT2D eigenvalue weighted by atomic mass is 9.88. The Kier molecular flexibility index (Phi) is 4.87. The molecule has 0 radical (unpaired) electrons. The van der Waals surface area contributed by atoms with Crippen LogP contribution in [0.2, 0.25) is 0 Å². The number of ether oxygens (including phenoxy) is 1. The fourth-order valence-electron chi connectivity index (χ4n) is 4.23. The molecule has 4 rings (SSSR count). The van der Waals surface area contributed by atoms with E-state index in [0.29, 0.717) is 6.04 Å². The molecular formula is C20H27N5O. The Hall–Kier alpha value is -2.05. The Bertz CT molecular complexity index is 740. The van der Waals surface area contributed by atoms with Gasteiger partial charge in [-0.15, -0.1) is 0 Å². The van der Waals surface area contributed by atoms with Crippen LogP contribution in [0.15, 0.2) is 36.7 Å². The molecule has 26 heavy (non-hydrogen) atoms. The van der Waals surface area contributed by atoms with E-state index in [9.17, 15) is 0 Å². The van der Waals surface area contributed by atoms with Crippen LogP contribution >= 0.6 is 0 Å². The van der Waals surface area contributed by atoms with E-state index in [1.165, 1.54) is 6.42 Å². The molecule has 6 nitrogen and oxygen atoms in total. The third kappa shape index (κ3) is 3.71. The minimum absolute atomic E-state index is 0.0459. The number of aryl methyl sites for hydroxylation is 1. The molecule has 0 aliphatic carbocycles. The van der Waals surface area contributed by atoms with Crippen molar-refractivity contribution in [2.75, 3.05) is 31.6 Å². The Balaban J connectivity index is 1.41. The highest BCUT2D eigenvalue weighted by atomic mass is 16.5. The van der Waals surface area contributed by atoms with Gasteiger partial charge in [-0.25, -0.2) is 9.97 Å². The van der Waals surface area contributed by atoms with Gasteiger partial charge in [0.15, 0.2) is 0 Å². The summed E-state index contributed by atoms with van der Waals surface area (Å²) in [7, 11) is 2.07. The van der Waals surface area contributed by atoms with Gasteiger partial charge in [-0.3, -0.25) is 9.88 Å². The van der Waals surface area contributed by atoms with E-state index in [1.54, 1.807) is 12.4 Å². The van der Waals surface area contributed by atoms with Gasteiger partial charge in [0, 0.05) is 44.6 Å². The number of likely N-dealkylation sites (tertiary alicyclic amines) is 1. The second-order valence-corrected chi connectivity index (χ2v) is 7.60. The summed E-state index contributed by atoms with van der Waals surface area (Å²) >= 11 is 0. The van der Waals surface area contributed by atoms with Crippen LogP contribution in [-0.2, 0) is 11.3 Å². The van der Waals surface area contributed by atoms with Gasteiger partial charge in [0.1, 0.15) is 0 Å². The molecule has 0 aromatic carbocycles. The van der Waals surface area contributed by atoms with Crippen molar-refractivity contribution >= 4 is 5.95 Å². The van der Waals surface area contributed by atoms with Crippen LogP contribution in [0.1, 0.15) is 30.7 Å². The highest BCUT2D eigenvalue weighted by Gasteiger charge is 2.44. The summed E-state index contributed by atoms with van der Waals surface area (Å²) in [5.74, 6) is 0.773. The largest absolute Gasteiger partial charge is 0.371 e. The van der Waals surface area contributed by atoms with Crippen molar-refractivity contribution in [1.29, 1.82) is 0 Å². The number of piperidine rings is 1. The van der Waals surface area contributed by atoms with Gasteiger partial charge in [-0.2, -0.15) is 0 Å². The molecule has 0 saturated carbocycles. The number of likely N-dealkylation sites (N-methyl/N-ethyl adjacent to an activating group) is 1. The summed E-state index contributed by atoms with van der Waals surface area (Å²) in [6, 6.07) is 8.44. The summed E-state index contributed by atoms with van der Waals surface area (Å²) in [6.45, 7) is 5.78. The fourth-order valence-corrected chi connectivity index (χ4v) is 4.23. The average molecular weight is 353 g/mol. The van der Waals surface area contributed by atoms with Crippen molar-refractivity contribution in [3.63, 3.8) is 0 Å². The first-order valence-electron chi connectivity index (χ1n) is 9.42. The van der Waals surface area contributed by atoms with E-state index >= 15 is 0 Å². The first kappa shape index (κ1) is 17.4. The van der Waals surface area contributed by atoms with Gasteiger partial charge in [0.25, 0.3) is 0 Å². The highest BCUT2D eigenvalue weighted by Crippen LogP contribution is 2.37. The Morgan fingerprint density at radius 2 is 2.12 bits per heavy atom. The predicted octanol–water partition coefficient (Wildman–Crippen LogP) is 2.44. The van der Waals surface area contributed by atoms with Gasteiger partial charge < -0.3 is 9.64 Å². The highest BCUT2D eigenvalue weighted by molar-refractivity contribution is 5.30. The maximum atomic E-state index is 6.37. The maximum absolute atomic E-state index is 6.37. The maximum Gasteiger partial charge on any atom is 0.225 e. The van der Waals surface area contributed by atoms with Crippen molar-refractivity contribution < 1.29 is 4.74 Å². The molecule has 0 N–H and O–H groups in total. The third-order valence-electron chi connectivity index (χ3n) is 5.55. The van der Waals surface area contributed by atoms with Crippen molar-refractivity contribution in [3.05, 3.63) is 48.0 Å². The monoisotopic (exact) mass is 353 g/mol. The van der Waals surface area contributed by atoms with Gasteiger partial charge in [-0.05, 0) is 44.5 Å². The second kappa shape index (κ2) is 7.29. The van der Waals surface area contributed by atoms with E-state index in [-0.39, 0.29) is 5.60 Å². The van der Waals surface area contributed by atoms with Gasteiger partial charge >= 0.3 is 0 Å². The van der Waals surface area contributed by atoms with Crippen molar-refractivity contribution in [2.45, 2.75) is 44.4 Å². The molecule has 6 heteroatoms. The zero-order chi connectivity index (χ0) is 18.0. The van der Waals surface area contributed by atoms with Crippen LogP contribution in [0.25, 0.3) is 0 Å². The topological polar surface area (TPSA) is 54.4 Å². The summed E-state index contributed by atoms with van der Waals surface area (Å²) in [6.07, 6.45) is 6.91.